The molecule has 0 saturated carbocycles. The van der Waals surface area contributed by atoms with Gasteiger partial charge in [0.15, 0.2) is 0 Å². The average molecular weight is 789 g/mol. The molecule has 3 N–H and O–H groups in total. The second-order valence-corrected chi connectivity index (χ2v) is 16.9. The summed E-state index contributed by atoms with van der Waals surface area (Å²) in [6.07, 6.45) is 5.85. The molecular formula is C50H68N4O4. The van der Waals surface area contributed by atoms with Crippen LogP contribution in [0, 0.1) is 0 Å². The monoisotopic (exact) mass is 789 g/mol. The van der Waals surface area contributed by atoms with Crippen molar-refractivity contribution in [2.45, 2.75) is 143 Å². The third-order valence-electron chi connectivity index (χ3n) is 10.7. The third-order valence-corrected chi connectivity index (χ3v) is 10.7. The average Bonchev–Trinajstić information content (AvgIpc) is 3.17. The summed E-state index contributed by atoms with van der Waals surface area (Å²) in [6.45, 7) is 25.5. The van der Waals surface area contributed by atoms with E-state index < -0.39 is 5.60 Å². The van der Waals surface area contributed by atoms with Crippen molar-refractivity contribution in [3.05, 3.63) is 126 Å². The van der Waals surface area contributed by atoms with Gasteiger partial charge in [-0.1, -0.05) is 83.5 Å². The summed E-state index contributed by atoms with van der Waals surface area (Å²) >= 11 is 0. The van der Waals surface area contributed by atoms with Crippen molar-refractivity contribution >= 4 is 28.9 Å². The van der Waals surface area contributed by atoms with Crippen molar-refractivity contribution < 1.29 is 19.7 Å². The number of hydrogen-bond donors (Lipinski definition) is 3. The quantitative estimate of drug-likeness (QED) is 0.0497. The summed E-state index contributed by atoms with van der Waals surface area (Å²) in [7, 11) is 0. The zero-order chi connectivity index (χ0) is 42.5. The van der Waals surface area contributed by atoms with Crippen molar-refractivity contribution in [2.24, 2.45) is 9.98 Å². The molecule has 0 spiro atoms. The van der Waals surface area contributed by atoms with Crippen LogP contribution in [-0.4, -0.2) is 39.8 Å². The summed E-state index contributed by atoms with van der Waals surface area (Å²) in [5, 5.41) is 23.9. The Labute approximate surface area is 348 Å². The van der Waals surface area contributed by atoms with E-state index in [0.717, 1.165) is 60.3 Å². The Balaban J connectivity index is 1.65. The van der Waals surface area contributed by atoms with Crippen LogP contribution in [0.15, 0.2) is 120 Å². The lowest BCUT2D eigenvalue weighted by atomic mass is 9.79. The number of anilines is 3. The second-order valence-electron chi connectivity index (χ2n) is 16.9. The Bertz CT molecular complexity index is 1950. The highest BCUT2D eigenvalue weighted by Gasteiger charge is 2.29. The smallest absolute Gasteiger partial charge is 0.321 e. The molecule has 0 amide bonds. The van der Waals surface area contributed by atoms with Gasteiger partial charge in [-0.15, -0.1) is 0 Å². The number of para-hydroxylation sites is 1. The minimum Gasteiger partial charge on any atom is -0.508 e. The molecule has 58 heavy (non-hydrogen) atoms. The maximum absolute atomic E-state index is 10.6. The van der Waals surface area contributed by atoms with Gasteiger partial charge in [0.25, 0.3) is 0 Å². The van der Waals surface area contributed by atoms with Gasteiger partial charge >= 0.3 is 6.02 Å². The molecule has 2 atom stereocenters. The number of ether oxygens (including phenoxy) is 2. The summed E-state index contributed by atoms with van der Waals surface area (Å²) < 4.78 is 13.3. The van der Waals surface area contributed by atoms with E-state index in [1.807, 2.05) is 61.5 Å². The highest BCUT2D eigenvalue weighted by Crippen LogP contribution is 2.35. The van der Waals surface area contributed by atoms with E-state index in [0.29, 0.717) is 24.4 Å². The Kier molecular flexibility index (Phi) is 16.4. The summed E-state index contributed by atoms with van der Waals surface area (Å²) in [6, 6.07) is 32.1. The van der Waals surface area contributed by atoms with Gasteiger partial charge in [-0.05, 0) is 162 Å². The number of aliphatic imine (C=N–C) groups is 2. The van der Waals surface area contributed by atoms with Crippen LogP contribution in [0.25, 0.3) is 0 Å². The molecule has 0 aliphatic carbocycles. The summed E-state index contributed by atoms with van der Waals surface area (Å²) in [5.74, 6) is 1.73. The van der Waals surface area contributed by atoms with E-state index in [-0.39, 0.29) is 41.1 Å². The van der Waals surface area contributed by atoms with Crippen molar-refractivity contribution in [3.63, 3.8) is 0 Å². The molecule has 312 valence electrons. The first-order chi connectivity index (χ1) is 27.5. The van der Waals surface area contributed by atoms with E-state index in [9.17, 15) is 10.2 Å². The van der Waals surface area contributed by atoms with E-state index in [4.69, 9.17) is 19.5 Å². The topological polar surface area (TPSA) is 98.9 Å². The number of amidine groups is 2. The predicted molar refractivity (Wildman–Crippen MR) is 244 cm³/mol. The second kappa shape index (κ2) is 21.0. The van der Waals surface area contributed by atoms with Crippen molar-refractivity contribution in [1.29, 1.82) is 0 Å². The van der Waals surface area contributed by atoms with Crippen molar-refractivity contribution in [3.8, 4) is 11.5 Å². The molecule has 0 saturated heterocycles. The molecule has 2 unspecified atom stereocenters. The molecule has 0 heterocycles. The van der Waals surface area contributed by atoms with E-state index in [1.165, 1.54) is 5.56 Å². The van der Waals surface area contributed by atoms with Gasteiger partial charge in [0, 0.05) is 23.1 Å². The van der Waals surface area contributed by atoms with E-state index in [2.05, 4.69) is 109 Å². The third kappa shape index (κ3) is 13.4. The lowest BCUT2D eigenvalue weighted by Crippen LogP contribution is -2.37. The minimum atomic E-state index is -0.677. The fourth-order valence-electron chi connectivity index (χ4n) is 7.52. The van der Waals surface area contributed by atoms with Gasteiger partial charge < -0.3 is 29.9 Å². The molecule has 0 aromatic heterocycles. The number of benzene rings is 4. The molecule has 0 fully saturated rings. The highest BCUT2D eigenvalue weighted by atomic mass is 16.5. The fourth-order valence-corrected chi connectivity index (χ4v) is 7.52. The van der Waals surface area contributed by atoms with E-state index >= 15 is 0 Å². The van der Waals surface area contributed by atoms with Crippen LogP contribution in [0.3, 0.4) is 0 Å². The highest BCUT2D eigenvalue weighted by molar-refractivity contribution is 6.02. The molecule has 8 nitrogen and oxygen atoms in total. The molecular weight excluding hydrogens is 721 g/mol. The SMILES string of the molecule is C=C(/N=C(\N=C(/C)N(c1ccc(Nc2ccccc2)cc1)C(C)C)OC(C)(C)CC(CC)c1ccc(O)c(CCCC)c1)OC(CC)CC(C)(C)c1ccc(O)cc1. The maximum atomic E-state index is 10.6. The first-order valence-electron chi connectivity index (χ1n) is 21.0. The lowest BCUT2D eigenvalue weighted by molar-refractivity contribution is 0.0677. The van der Waals surface area contributed by atoms with Gasteiger partial charge in [0.2, 0.25) is 5.88 Å². The van der Waals surface area contributed by atoms with Crippen LogP contribution in [0.1, 0.15) is 130 Å². The number of nitrogens with zero attached hydrogens (tertiary/aromatic N) is 3. The molecule has 0 aliphatic heterocycles. The molecule has 4 aromatic carbocycles. The molecule has 4 rings (SSSR count). The van der Waals surface area contributed by atoms with Crippen molar-refractivity contribution in [1.82, 2.24) is 0 Å². The largest absolute Gasteiger partial charge is 0.508 e. The van der Waals surface area contributed by atoms with Gasteiger partial charge in [-0.3, -0.25) is 0 Å². The number of rotatable bonds is 19. The number of aromatic hydroxyl groups is 2. The zero-order valence-corrected chi connectivity index (χ0v) is 36.7. The number of phenols is 2. The first-order valence-corrected chi connectivity index (χ1v) is 21.0. The Morgan fingerprint density at radius 3 is 2.07 bits per heavy atom. The molecule has 0 radical (unpaired) electrons. The van der Waals surface area contributed by atoms with Crippen LogP contribution < -0.4 is 10.2 Å². The standard InChI is InChI=1S/C50H68N4O4/c1-12-15-19-40-32-39(22-31-47(40)56)38(13-2)33-50(10,11)58-48(52-37(7)57-46(14-3)34-49(8,9)41-23-29-45(55)30-24-41)51-36(6)54(35(4)5)44-27-25-43(26-28-44)53-42-20-17-16-18-21-42/h16-18,20-32,35,38,46,53,55-56H,7,12-15,19,33-34H2,1-6,8-11H3/b51-36+,52-48+. The van der Waals surface area contributed by atoms with Crippen molar-refractivity contribution in [2.75, 3.05) is 10.2 Å². The van der Waals surface area contributed by atoms with Gasteiger partial charge in [0.05, 0.1) is 0 Å². The van der Waals surface area contributed by atoms with Crippen LogP contribution in [-0.2, 0) is 21.3 Å². The first kappa shape index (κ1) is 45.5. The number of aryl methyl sites for hydroxylation is 1. The van der Waals surface area contributed by atoms with Crippen LogP contribution in [0.4, 0.5) is 17.1 Å². The maximum Gasteiger partial charge on any atom is 0.321 e. The lowest BCUT2D eigenvalue weighted by Gasteiger charge is -2.32. The minimum absolute atomic E-state index is 0.0814. The number of unbranched alkanes of at least 4 members (excludes halogenated alkanes) is 1. The molecule has 4 aromatic rings. The Morgan fingerprint density at radius 1 is 0.810 bits per heavy atom. The van der Waals surface area contributed by atoms with Crippen LogP contribution in [0.2, 0.25) is 0 Å². The normalized spacial score (nSPS) is 13.6. The number of hydrogen-bond acceptors (Lipinski definition) is 6. The number of phenolic OH excluding ortho intramolecular Hbond substituents is 2. The van der Waals surface area contributed by atoms with Gasteiger partial charge in [-0.2, -0.15) is 9.98 Å². The Hall–Kier alpha value is -5.24. The van der Waals surface area contributed by atoms with E-state index in [1.54, 1.807) is 12.1 Å². The van der Waals surface area contributed by atoms with Gasteiger partial charge in [-0.25, -0.2) is 0 Å². The van der Waals surface area contributed by atoms with Crippen LogP contribution >= 0.6 is 0 Å². The molecule has 0 aliphatic rings. The molecule has 0 bridgehead atoms. The Morgan fingerprint density at radius 2 is 1.47 bits per heavy atom. The fraction of sp³-hybridized carbons (Fsp3) is 0.440. The number of nitrogens with one attached hydrogen (secondary N) is 1. The van der Waals surface area contributed by atoms with Crippen LogP contribution in [0.5, 0.6) is 11.5 Å². The molecule has 8 heteroatoms. The summed E-state index contributed by atoms with van der Waals surface area (Å²) in [4.78, 5) is 12.1. The predicted octanol–water partition coefficient (Wildman–Crippen LogP) is 13.2. The summed E-state index contributed by atoms with van der Waals surface area (Å²) in [5.41, 5.74) is 5.39. The van der Waals surface area contributed by atoms with Gasteiger partial charge in [0.1, 0.15) is 29.0 Å². The zero-order valence-electron chi connectivity index (χ0n) is 36.7.